The molecule has 0 bridgehead atoms. The van der Waals surface area contributed by atoms with Gasteiger partial charge in [0.2, 0.25) is 0 Å². The molecule has 4 nitrogen and oxygen atoms in total. The number of aliphatic carboxylic acids is 1. The zero-order valence-corrected chi connectivity index (χ0v) is 8.45. The number of carboxylic acids is 1. The second-order valence-corrected chi connectivity index (χ2v) is 2.91. The van der Waals surface area contributed by atoms with Gasteiger partial charge < -0.3 is 14.6 Å². The van der Waals surface area contributed by atoms with Crippen molar-refractivity contribution in [2.75, 3.05) is 6.61 Å². The lowest BCUT2D eigenvalue weighted by atomic mass is 10.4. The zero-order valence-electron chi connectivity index (χ0n) is 8.45. The van der Waals surface area contributed by atoms with Crippen LogP contribution >= 0.6 is 0 Å². The second-order valence-electron chi connectivity index (χ2n) is 2.91. The molecule has 0 aliphatic rings. The summed E-state index contributed by atoms with van der Waals surface area (Å²) in [6.07, 6.45) is 0.769. The van der Waals surface area contributed by atoms with E-state index in [1.807, 2.05) is 0 Å². The quantitative estimate of drug-likeness (QED) is 0.489. The van der Waals surface area contributed by atoms with Crippen LogP contribution in [0.15, 0.2) is 0 Å². The molecule has 2 atom stereocenters. The first kappa shape index (κ1) is 12.4. The summed E-state index contributed by atoms with van der Waals surface area (Å²) in [6, 6.07) is 0. The third-order valence-electron chi connectivity index (χ3n) is 1.59. The predicted molar refractivity (Wildman–Crippen MR) is 48.5 cm³/mol. The normalized spacial score (nSPS) is 15.3. The van der Waals surface area contributed by atoms with Crippen LogP contribution in [0.5, 0.6) is 0 Å². The average Bonchev–Trinajstić information content (AvgIpc) is 2.04. The van der Waals surface area contributed by atoms with Gasteiger partial charge in [0.15, 0.2) is 12.4 Å². The van der Waals surface area contributed by atoms with Crippen LogP contribution in [0.1, 0.15) is 33.6 Å². The van der Waals surface area contributed by atoms with E-state index in [-0.39, 0.29) is 0 Å². The van der Waals surface area contributed by atoms with E-state index in [9.17, 15) is 4.79 Å². The minimum atomic E-state index is -0.967. The number of rotatable bonds is 7. The van der Waals surface area contributed by atoms with Gasteiger partial charge in [-0.05, 0) is 20.3 Å². The lowest BCUT2D eigenvalue weighted by Crippen LogP contribution is -2.26. The molecule has 0 rings (SSSR count). The lowest BCUT2D eigenvalue weighted by molar-refractivity contribution is -0.181. The minimum absolute atomic E-state index is 0.447. The van der Waals surface area contributed by atoms with E-state index in [4.69, 9.17) is 14.6 Å². The predicted octanol–water partition coefficient (Wildman–Crippen LogP) is 1.64. The van der Waals surface area contributed by atoms with Crippen LogP contribution in [0.3, 0.4) is 0 Å². The molecule has 0 aromatic heterocycles. The molecule has 0 aliphatic carbocycles. The van der Waals surface area contributed by atoms with Crippen molar-refractivity contribution in [3.63, 3.8) is 0 Å². The van der Waals surface area contributed by atoms with Crippen LogP contribution in [0.25, 0.3) is 0 Å². The Kier molecular flexibility index (Phi) is 6.54. The highest BCUT2D eigenvalue weighted by Crippen LogP contribution is 2.01. The summed E-state index contributed by atoms with van der Waals surface area (Å²) in [5, 5.41) is 8.52. The topological polar surface area (TPSA) is 55.8 Å². The van der Waals surface area contributed by atoms with Gasteiger partial charge in [-0.3, -0.25) is 0 Å². The van der Waals surface area contributed by atoms with Gasteiger partial charge in [0.25, 0.3) is 0 Å². The molecule has 0 saturated heterocycles. The summed E-state index contributed by atoms with van der Waals surface area (Å²) < 4.78 is 10.3. The van der Waals surface area contributed by atoms with Gasteiger partial charge in [0.05, 0.1) is 0 Å². The van der Waals surface area contributed by atoms with Crippen molar-refractivity contribution in [1.82, 2.24) is 0 Å². The maximum absolute atomic E-state index is 10.4. The smallest absolute Gasteiger partial charge is 0.332 e. The molecule has 0 aromatic carbocycles. The Morgan fingerprint density at radius 2 is 2.08 bits per heavy atom. The van der Waals surface area contributed by atoms with Gasteiger partial charge in [-0.25, -0.2) is 4.79 Å². The highest BCUT2D eigenvalue weighted by atomic mass is 16.7. The SMILES string of the molecule is CCCCOC(C)OC(C)C(=O)O. The first-order valence-corrected chi connectivity index (χ1v) is 4.57. The highest BCUT2D eigenvalue weighted by molar-refractivity contribution is 5.71. The van der Waals surface area contributed by atoms with E-state index in [1.165, 1.54) is 6.92 Å². The van der Waals surface area contributed by atoms with Gasteiger partial charge in [-0.1, -0.05) is 13.3 Å². The second kappa shape index (κ2) is 6.86. The molecule has 0 radical (unpaired) electrons. The standard InChI is InChI=1S/C9H18O4/c1-4-5-6-12-8(3)13-7(2)9(10)11/h7-8H,4-6H2,1-3H3,(H,10,11). The Balaban J connectivity index is 3.49. The number of hydrogen-bond acceptors (Lipinski definition) is 3. The molecular formula is C9H18O4. The summed E-state index contributed by atoms with van der Waals surface area (Å²) in [5.41, 5.74) is 0. The molecule has 78 valence electrons. The molecule has 0 aromatic rings. The van der Waals surface area contributed by atoms with E-state index < -0.39 is 18.4 Å². The largest absolute Gasteiger partial charge is 0.479 e. The maximum Gasteiger partial charge on any atom is 0.332 e. The average molecular weight is 190 g/mol. The summed E-state index contributed by atoms with van der Waals surface area (Å²) in [7, 11) is 0. The van der Waals surface area contributed by atoms with Crippen LogP contribution in [0, 0.1) is 0 Å². The first-order chi connectivity index (χ1) is 6.07. The van der Waals surface area contributed by atoms with Gasteiger partial charge in [-0.2, -0.15) is 0 Å². The summed E-state index contributed by atoms with van der Waals surface area (Å²) in [6.45, 7) is 5.87. The van der Waals surface area contributed by atoms with Gasteiger partial charge in [-0.15, -0.1) is 0 Å². The molecule has 0 saturated carbocycles. The Morgan fingerprint density at radius 3 is 2.54 bits per heavy atom. The Morgan fingerprint density at radius 1 is 1.46 bits per heavy atom. The van der Waals surface area contributed by atoms with Crippen LogP contribution in [-0.2, 0) is 14.3 Å². The monoisotopic (exact) mass is 190 g/mol. The van der Waals surface area contributed by atoms with Crippen molar-refractivity contribution >= 4 is 5.97 Å². The third kappa shape index (κ3) is 6.54. The molecule has 0 amide bonds. The Hall–Kier alpha value is -0.610. The number of carboxylic acid groups (broad SMARTS) is 1. The molecule has 0 aliphatic heterocycles. The molecule has 0 fully saturated rings. The van der Waals surface area contributed by atoms with Gasteiger partial charge in [0.1, 0.15) is 0 Å². The number of ether oxygens (including phenoxy) is 2. The Bertz CT molecular complexity index is 147. The van der Waals surface area contributed by atoms with Crippen molar-refractivity contribution in [1.29, 1.82) is 0 Å². The van der Waals surface area contributed by atoms with Crippen molar-refractivity contribution in [2.24, 2.45) is 0 Å². The maximum atomic E-state index is 10.4. The van der Waals surface area contributed by atoms with Crippen molar-refractivity contribution in [3.8, 4) is 0 Å². The minimum Gasteiger partial charge on any atom is -0.479 e. The Labute approximate surface area is 78.8 Å². The fourth-order valence-corrected chi connectivity index (χ4v) is 0.779. The van der Waals surface area contributed by atoms with Gasteiger partial charge >= 0.3 is 5.97 Å². The van der Waals surface area contributed by atoms with Crippen LogP contribution in [-0.4, -0.2) is 30.1 Å². The van der Waals surface area contributed by atoms with E-state index in [2.05, 4.69) is 6.92 Å². The molecule has 0 spiro atoms. The van der Waals surface area contributed by atoms with E-state index in [0.717, 1.165) is 12.8 Å². The lowest BCUT2D eigenvalue weighted by Gasteiger charge is -2.16. The number of unbranched alkanes of at least 4 members (excludes halogenated alkanes) is 1. The molecular weight excluding hydrogens is 172 g/mol. The molecule has 4 heteroatoms. The fourth-order valence-electron chi connectivity index (χ4n) is 0.779. The van der Waals surface area contributed by atoms with Crippen LogP contribution < -0.4 is 0 Å². The summed E-state index contributed by atoms with van der Waals surface area (Å²) in [5.74, 6) is -0.967. The zero-order chi connectivity index (χ0) is 10.3. The molecule has 0 heterocycles. The highest BCUT2D eigenvalue weighted by Gasteiger charge is 2.14. The molecule has 1 N–H and O–H groups in total. The van der Waals surface area contributed by atoms with Crippen molar-refractivity contribution < 1.29 is 19.4 Å². The van der Waals surface area contributed by atoms with Crippen LogP contribution in [0.2, 0.25) is 0 Å². The van der Waals surface area contributed by atoms with Crippen molar-refractivity contribution in [3.05, 3.63) is 0 Å². The fraction of sp³-hybridized carbons (Fsp3) is 0.889. The summed E-state index contributed by atoms with van der Waals surface area (Å²) in [4.78, 5) is 10.4. The van der Waals surface area contributed by atoms with Gasteiger partial charge in [0, 0.05) is 6.61 Å². The van der Waals surface area contributed by atoms with Crippen LogP contribution in [0.4, 0.5) is 0 Å². The molecule has 2 unspecified atom stereocenters. The first-order valence-electron chi connectivity index (χ1n) is 4.57. The van der Waals surface area contributed by atoms with E-state index >= 15 is 0 Å². The third-order valence-corrected chi connectivity index (χ3v) is 1.59. The number of hydrogen-bond donors (Lipinski definition) is 1. The number of carbonyl (C=O) groups is 1. The van der Waals surface area contributed by atoms with Crippen molar-refractivity contribution in [2.45, 2.75) is 46.0 Å². The molecule has 13 heavy (non-hydrogen) atoms. The van der Waals surface area contributed by atoms with E-state index in [1.54, 1.807) is 6.92 Å². The van der Waals surface area contributed by atoms with E-state index in [0.29, 0.717) is 6.61 Å². The summed E-state index contributed by atoms with van der Waals surface area (Å²) >= 11 is 0.